The van der Waals surface area contributed by atoms with Crippen LogP contribution in [-0.4, -0.2) is 7.05 Å². The predicted molar refractivity (Wildman–Crippen MR) is 52.2 cm³/mol. The van der Waals surface area contributed by atoms with Crippen LogP contribution in [0.1, 0.15) is 11.1 Å². The topological polar surface area (TPSA) is 12.0 Å². The van der Waals surface area contributed by atoms with Crippen LogP contribution in [-0.2, 0) is 6.42 Å². The van der Waals surface area contributed by atoms with E-state index in [1.54, 1.807) is 0 Å². The van der Waals surface area contributed by atoms with Gasteiger partial charge >= 0.3 is 0 Å². The maximum atomic E-state index is 5.89. The zero-order valence-corrected chi connectivity index (χ0v) is 7.65. The fraction of sp³-hybridized carbons (Fsp3) is 0.200. The number of nitrogens with one attached hydrogen (secondary N) is 1. The SMILES string of the molecule is CNC1=CCc2ccc(Cl)cc21. The molecule has 0 unspecified atom stereocenters. The van der Waals surface area contributed by atoms with E-state index in [9.17, 15) is 0 Å². The number of allylic oxidation sites excluding steroid dienone is 1. The summed E-state index contributed by atoms with van der Waals surface area (Å²) >= 11 is 5.89. The summed E-state index contributed by atoms with van der Waals surface area (Å²) in [5.74, 6) is 0. The second-order valence-electron chi connectivity index (χ2n) is 2.87. The van der Waals surface area contributed by atoms with Crippen LogP contribution in [0.15, 0.2) is 24.3 Å². The Morgan fingerprint density at radius 3 is 3.00 bits per heavy atom. The van der Waals surface area contributed by atoms with Gasteiger partial charge in [0.05, 0.1) is 0 Å². The van der Waals surface area contributed by atoms with Crippen LogP contribution in [0.2, 0.25) is 5.02 Å². The Balaban J connectivity index is 2.50. The quantitative estimate of drug-likeness (QED) is 0.699. The molecule has 1 nitrogen and oxygen atoms in total. The molecule has 0 saturated heterocycles. The van der Waals surface area contributed by atoms with E-state index in [1.165, 1.54) is 16.8 Å². The van der Waals surface area contributed by atoms with Crippen LogP contribution in [0.25, 0.3) is 5.70 Å². The third-order valence-electron chi connectivity index (χ3n) is 2.16. The molecule has 1 N–H and O–H groups in total. The zero-order chi connectivity index (χ0) is 8.55. The van der Waals surface area contributed by atoms with E-state index in [-0.39, 0.29) is 0 Å². The average molecular weight is 180 g/mol. The van der Waals surface area contributed by atoms with E-state index in [0.29, 0.717) is 0 Å². The summed E-state index contributed by atoms with van der Waals surface area (Å²) in [6.07, 6.45) is 3.20. The highest BCUT2D eigenvalue weighted by atomic mass is 35.5. The van der Waals surface area contributed by atoms with Gasteiger partial charge in [-0.2, -0.15) is 0 Å². The molecule has 0 atom stereocenters. The fourth-order valence-electron chi connectivity index (χ4n) is 1.54. The summed E-state index contributed by atoms with van der Waals surface area (Å²) in [5.41, 5.74) is 3.78. The highest BCUT2D eigenvalue weighted by Gasteiger charge is 2.12. The lowest BCUT2D eigenvalue weighted by atomic mass is 10.1. The molecule has 2 rings (SSSR count). The van der Waals surface area contributed by atoms with E-state index in [2.05, 4.69) is 17.5 Å². The van der Waals surface area contributed by atoms with Crippen LogP contribution >= 0.6 is 11.6 Å². The largest absolute Gasteiger partial charge is 0.388 e. The second kappa shape index (κ2) is 2.83. The van der Waals surface area contributed by atoms with Crippen LogP contribution in [0.3, 0.4) is 0 Å². The summed E-state index contributed by atoms with van der Waals surface area (Å²) in [4.78, 5) is 0. The number of hydrogen-bond acceptors (Lipinski definition) is 1. The molecule has 0 heterocycles. The Morgan fingerprint density at radius 2 is 2.25 bits per heavy atom. The molecule has 0 amide bonds. The first-order valence-electron chi connectivity index (χ1n) is 3.98. The zero-order valence-electron chi connectivity index (χ0n) is 6.89. The van der Waals surface area contributed by atoms with Crippen molar-refractivity contribution in [2.75, 3.05) is 7.05 Å². The monoisotopic (exact) mass is 179 g/mol. The standard InChI is InChI=1S/C10H10ClN/c1-12-10-5-3-7-2-4-8(11)6-9(7)10/h2,4-6,12H,3H2,1H3. The number of rotatable bonds is 1. The van der Waals surface area contributed by atoms with Crippen molar-refractivity contribution in [2.24, 2.45) is 0 Å². The third-order valence-corrected chi connectivity index (χ3v) is 2.39. The van der Waals surface area contributed by atoms with Crippen LogP contribution < -0.4 is 5.32 Å². The molecule has 0 saturated carbocycles. The van der Waals surface area contributed by atoms with Crippen molar-refractivity contribution in [3.8, 4) is 0 Å². The average Bonchev–Trinajstić information content (AvgIpc) is 2.46. The van der Waals surface area contributed by atoms with E-state index in [1.807, 2.05) is 19.2 Å². The molecule has 12 heavy (non-hydrogen) atoms. The van der Waals surface area contributed by atoms with Gasteiger partial charge in [0.15, 0.2) is 0 Å². The van der Waals surface area contributed by atoms with Crippen molar-refractivity contribution in [1.82, 2.24) is 5.32 Å². The number of halogens is 1. The Bertz CT molecular complexity index is 342. The van der Waals surface area contributed by atoms with Crippen LogP contribution in [0, 0.1) is 0 Å². The normalized spacial score (nSPS) is 14.0. The van der Waals surface area contributed by atoms with Crippen LogP contribution in [0.5, 0.6) is 0 Å². The lowest BCUT2D eigenvalue weighted by Crippen LogP contribution is -2.02. The third kappa shape index (κ3) is 1.10. The van der Waals surface area contributed by atoms with Gasteiger partial charge in [-0.3, -0.25) is 0 Å². The highest BCUT2D eigenvalue weighted by molar-refractivity contribution is 6.30. The highest BCUT2D eigenvalue weighted by Crippen LogP contribution is 2.27. The molecule has 0 bridgehead atoms. The van der Waals surface area contributed by atoms with Gasteiger partial charge in [-0.25, -0.2) is 0 Å². The molecule has 2 heteroatoms. The minimum absolute atomic E-state index is 0.803. The van der Waals surface area contributed by atoms with Crippen molar-refractivity contribution in [3.63, 3.8) is 0 Å². The van der Waals surface area contributed by atoms with Gasteiger partial charge in [0.25, 0.3) is 0 Å². The van der Waals surface area contributed by atoms with Crippen molar-refractivity contribution in [2.45, 2.75) is 6.42 Å². The molecule has 0 fully saturated rings. The van der Waals surface area contributed by atoms with E-state index >= 15 is 0 Å². The molecule has 1 aliphatic carbocycles. The van der Waals surface area contributed by atoms with Gasteiger partial charge in [0.1, 0.15) is 0 Å². The Hall–Kier alpha value is -0.950. The van der Waals surface area contributed by atoms with E-state index < -0.39 is 0 Å². The number of hydrogen-bond donors (Lipinski definition) is 1. The lowest BCUT2D eigenvalue weighted by molar-refractivity contribution is 1.13. The summed E-state index contributed by atoms with van der Waals surface area (Å²) in [6, 6.07) is 6.03. The maximum Gasteiger partial charge on any atom is 0.0412 e. The van der Waals surface area contributed by atoms with Gasteiger partial charge in [0.2, 0.25) is 0 Å². The first-order chi connectivity index (χ1) is 5.81. The smallest absolute Gasteiger partial charge is 0.0412 e. The summed E-state index contributed by atoms with van der Waals surface area (Å²) in [5, 5.41) is 3.95. The van der Waals surface area contributed by atoms with Crippen molar-refractivity contribution >= 4 is 17.3 Å². The van der Waals surface area contributed by atoms with Crippen molar-refractivity contribution in [1.29, 1.82) is 0 Å². The van der Waals surface area contributed by atoms with Gasteiger partial charge in [-0.15, -0.1) is 0 Å². The molecule has 1 aliphatic rings. The molecular formula is C10H10ClN. The van der Waals surface area contributed by atoms with Crippen molar-refractivity contribution in [3.05, 3.63) is 40.4 Å². The van der Waals surface area contributed by atoms with Crippen molar-refractivity contribution < 1.29 is 0 Å². The Kier molecular flexibility index (Phi) is 1.81. The predicted octanol–water partition coefficient (Wildman–Crippen LogP) is 2.46. The molecule has 0 aromatic heterocycles. The van der Waals surface area contributed by atoms with Crippen LogP contribution in [0.4, 0.5) is 0 Å². The molecule has 0 aliphatic heterocycles. The maximum absolute atomic E-state index is 5.89. The molecule has 1 aromatic carbocycles. The second-order valence-corrected chi connectivity index (χ2v) is 3.31. The Labute approximate surface area is 77.0 Å². The minimum atomic E-state index is 0.803. The Morgan fingerprint density at radius 1 is 1.42 bits per heavy atom. The molecule has 0 spiro atoms. The summed E-state index contributed by atoms with van der Waals surface area (Å²) in [6.45, 7) is 0. The summed E-state index contributed by atoms with van der Waals surface area (Å²) in [7, 11) is 1.93. The fourth-order valence-corrected chi connectivity index (χ4v) is 1.71. The molecule has 62 valence electrons. The van der Waals surface area contributed by atoms with Gasteiger partial charge in [-0.1, -0.05) is 23.7 Å². The van der Waals surface area contributed by atoms with E-state index in [0.717, 1.165) is 11.4 Å². The molecular weight excluding hydrogens is 170 g/mol. The number of fused-ring (bicyclic) bond motifs is 1. The van der Waals surface area contributed by atoms with Gasteiger partial charge in [-0.05, 0) is 24.1 Å². The minimum Gasteiger partial charge on any atom is -0.388 e. The lowest BCUT2D eigenvalue weighted by Gasteiger charge is -2.04. The first kappa shape index (κ1) is 7.69. The van der Waals surface area contributed by atoms with Gasteiger partial charge in [0, 0.05) is 23.3 Å². The van der Waals surface area contributed by atoms with E-state index in [4.69, 9.17) is 11.6 Å². The van der Waals surface area contributed by atoms with Gasteiger partial charge < -0.3 is 5.32 Å². The molecule has 1 aromatic rings. The number of benzene rings is 1. The first-order valence-corrected chi connectivity index (χ1v) is 4.36. The summed E-state index contributed by atoms with van der Waals surface area (Å²) < 4.78 is 0. The molecule has 0 radical (unpaired) electrons.